The van der Waals surface area contributed by atoms with E-state index in [1.807, 2.05) is 27.7 Å². The van der Waals surface area contributed by atoms with E-state index in [4.69, 9.17) is 4.74 Å². The van der Waals surface area contributed by atoms with Crippen molar-refractivity contribution < 1.29 is 24.2 Å². The van der Waals surface area contributed by atoms with E-state index in [9.17, 15) is 19.5 Å². The van der Waals surface area contributed by atoms with Crippen molar-refractivity contribution in [3.05, 3.63) is 34.6 Å². The first-order valence-corrected chi connectivity index (χ1v) is 13.0. The second-order valence-corrected chi connectivity index (χ2v) is 13.0. The molecule has 1 saturated carbocycles. The molecule has 0 aromatic heterocycles. The molecule has 1 heterocycles. The Balaban J connectivity index is 2.37. The van der Waals surface area contributed by atoms with Crippen LogP contribution in [-0.2, 0) is 19.1 Å². The van der Waals surface area contributed by atoms with Gasteiger partial charge in [-0.2, -0.15) is 0 Å². The van der Waals surface area contributed by atoms with Crippen LogP contribution in [0.5, 0.6) is 0 Å². The molecule has 4 atom stereocenters. The van der Waals surface area contributed by atoms with Gasteiger partial charge in [0.1, 0.15) is 16.8 Å². The smallest absolute Gasteiger partial charge is 0.205 e. The van der Waals surface area contributed by atoms with Gasteiger partial charge in [0.25, 0.3) is 0 Å². The summed E-state index contributed by atoms with van der Waals surface area (Å²) in [6, 6.07) is 0. The molecule has 35 heavy (non-hydrogen) atoms. The van der Waals surface area contributed by atoms with Gasteiger partial charge in [-0.1, -0.05) is 51.0 Å². The van der Waals surface area contributed by atoms with Crippen molar-refractivity contribution in [1.29, 1.82) is 0 Å². The van der Waals surface area contributed by atoms with Crippen LogP contribution in [0.25, 0.3) is 0 Å². The predicted octanol–water partition coefficient (Wildman–Crippen LogP) is 5.91. The molecule has 194 valence electrons. The van der Waals surface area contributed by atoms with Crippen molar-refractivity contribution in [1.82, 2.24) is 0 Å². The van der Waals surface area contributed by atoms with Gasteiger partial charge in [-0.15, -0.1) is 0 Å². The van der Waals surface area contributed by atoms with Crippen LogP contribution in [0, 0.1) is 28.1 Å². The Kier molecular flexibility index (Phi) is 6.96. The van der Waals surface area contributed by atoms with Crippen LogP contribution in [0.3, 0.4) is 0 Å². The number of carbonyl (C=O) groups excluding carboxylic acids is 3. The maximum absolute atomic E-state index is 14.8. The molecule has 0 amide bonds. The first-order valence-electron chi connectivity index (χ1n) is 13.0. The molecule has 1 fully saturated rings. The summed E-state index contributed by atoms with van der Waals surface area (Å²) in [7, 11) is 0. The van der Waals surface area contributed by atoms with Crippen molar-refractivity contribution in [2.75, 3.05) is 0 Å². The van der Waals surface area contributed by atoms with E-state index in [0.717, 1.165) is 12.0 Å². The van der Waals surface area contributed by atoms with Gasteiger partial charge < -0.3 is 9.84 Å². The number of ketones is 3. The normalized spacial score (nSPS) is 31.8. The molecular formula is C30H44O5. The molecule has 3 rings (SSSR count). The lowest BCUT2D eigenvalue weighted by Gasteiger charge is -2.61. The number of fused-ring (bicyclic) bond motifs is 3. The summed E-state index contributed by atoms with van der Waals surface area (Å²) in [4.78, 5) is 42.5. The van der Waals surface area contributed by atoms with Crippen LogP contribution in [0.2, 0.25) is 0 Å². The van der Waals surface area contributed by atoms with E-state index in [1.54, 1.807) is 13.8 Å². The Morgan fingerprint density at radius 2 is 1.69 bits per heavy atom. The second kappa shape index (κ2) is 8.83. The van der Waals surface area contributed by atoms with Gasteiger partial charge in [0, 0.05) is 16.9 Å². The average molecular weight is 485 g/mol. The molecule has 0 spiro atoms. The lowest BCUT2D eigenvalue weighted by molar-refractivity contribution is -0.173. The summed E-state index contributed by atoms with van der Waals surface area (Å²) in [5, 5.41) is 10.8. The number of allylic oxidation sites excluding steroid dienone is 5. The lowest BCUT2D eigenvalue weighted by Crippen LogP contribution is -2.65. The summed E-state index contributed by atoms with van der Waals surface area (Å²) in [5.41, 5.74) is -1.59. The van der Waals surface area contributed by atoms with Crippen LogP contribution in [0.15, 0.2) is 34.6 Å². The molecule has 4 unspecified atom stereocenters. The molecule has 5 heteroatoms. The number of rotatable bonds is 7. The van der Waals surface area contributed by atoms with E-state index < -0.39 is 33.9 Å². The molecule has 1 aliphatic heterocycles. The lowest BCUT2D eigenvalue weighted by atomic mass is 9.40. The zero-order valence-electron chi connectivity index (χ0n) is 23.3. The molecule has 3 aliphatic rings. The maximum atomic E-state index is 14.8. The Morgan fingerprint density at radius 3 is 2.17 bits per heavy atom. The summed E-state index contributed by atoms with van der Waals surface area (Å²) in [6.45, 7) is 19.1. The Hall–Kier alpha value is -2.01. The summed E-state index contributed by atoms with van der Waals surface area (Å²) in [6.07, 6.45) is 4.93. The standard InChI is InChI=1S/C30H44O5/c1-17(2)11-12-20-15-30(23(32)19(5)6)24-21(22(31)25(35-24)28(9,10)34)16-29(26(30)33,27(20,7)8)14-13-18(3)4/h11,13,19-20,25,34H,12,14-16H2,1-10H3. The number of Topliss-reactive ketones (excluding diaryl/α,β-unsaturated/α-hetero) is 3. The molecule has 1 N–H and O–H groups in total. The fourth-order valence-electron chi connectivity index (χ4n) is 6.50. The monoisotopic (exact) mass is 484 g/mol. The molecule has 2 aliphatic carbocycles. The van der Waals surface area contributed by atoms with Crippen molar-refractivity contribution >= 4 is 17.3 Å². The van der Waals surface area contributed by atoms with E-state index in [0.29, 0.717) is 18.4 Å². The zero-order valence-corrected chi connectivity index (χ0v) is 23.3. The third kappa shape index (κ3) is 4.08. The number of hydrogen-bond donors (Lipinski definition) is 1. The third-order valence-corrected chi connectivity index (χ3v) is 8.80. The largest absolute Gasteiger partial charge is 0.482 e. The first-order chi connectivity index (χ1) is 15.9. The van der Waals surface area contributed by atoms with Crippen LogP contribution < -0.4 is 0 Å². The van der Waals surface area contributed by atoms with Crippen LogP contribution in [-0.4, -0.2) is 34.2 Å². The van der Waals surface area contributed by atoms with Crippen LogP contribution in [0.1, 0.15) is 94.9 Å². The first kappa shape index (κ1) is 27.6. The molecule has 0 aromatic rings. The molecule has 5 nitrogen and oxygen atoms in total. The van der Waals surface area contributed by atoms with Crippen molar-refractivity contribution in [3.8, 4) is 0 Å². The topological polar surface area (TPSA) is 80.7 Å². The number of hydrogen-bond acceptors (Lipinski definition) is 5. The van der Waals surface area contributed by atoms with Gasteiger partial charge in [-0.25, -0.2) is 0 Å². The second-order valence-electron chi connectivity index (χ2n) is 13.0. The average Bonchev–Trinajstić information content (AvgIpc) is 3.05. The number of aliphatic hydroxyl groups is 1. The van der Waals surface area contributed by atoms with Crippen LogP contribution >= 0.6 is 0 Å². The molecule has 0 radical (unpaired) electrons. The van der Waals surface area contributed by atoms with Gasteiger partial charge in [0.15, 0.2) is 17.7 Å². The van der Waals surface area contributed by atoms with Gasteiger partial charge in [0.05, 0.1) is 0 Å². The highest BCUT2D eigenvalue weighted by molar-refractivity contribution is 6.18. The van der Waals surface area contributed by atoms with Gasteiger partial charge in [-0.3, -0.25) is 14.4 Å². The fraction of sp³-hybridized carbons (Fsp3) is 0.700. The Morgan fingerprint density at radius 1 is 1.11 bits per heavy atom. The van der Waals surface area contributed by atoms with Gasteiger partial charge in [0.2, 0.25) is 5.78 Å². The SMILES string of the molecule is CC(C)=CCC1CC2(C(=O)C(C)C)C(=O)C(CC=C(C)C)(CC3=C2OC(C(C)(C)O)C3=O)C1(C)C. The van der Waals surface area contributed by atoms with Crippen LogP contribution in [0.4, 0.5) is 0 Å². The molecule has 2 bridgehead atoms. The molecule has 0 aromatic carbocycles. The predicted molar refractivity (Wildman–Crippen MR) is 138 cm³/mol. The molecule has 0 saturated heterocycles. The van der Waals surface area contributed by atoms with Crippen molar-refractivity contribution in [2.24, 2.45) is 28.1 Å². The van der Waals surface area contributed by atoms with Crippen molar-refractivity contribution in [3.63, 3.8) is 0 Å². The van der Waals surface area contributed by atoms with Gasteiger partial charge in [-0.05, 0) is 78.6 Å². The quantitative estimate of drug-likeness (QED) is 0.359. The summed E-state index contributed by atoms with van der Waals surface area (Å²) in [5.74, 6) is -0.722. The number of carbonyl (C=O) groups is 3. The summed E-state index contributed by atoms with van der Waals surface area (Å²) >= 11 is 0. The minimum atomic E-state index is -1.50. The van der Waals surface area contributed by atoms with E-state index in [1.165, 1.54) is 5.57 Å². The number of ether oxygens (including phenoxy) is 1. The van der Waals surface area contributed by atoms with E-state index in [2.05, 4.69) is 39.8 Å². The molecular weight excluding hydrogens is 440 g/mol. The minimum Gasteiger partial charge on any atom is -0.482 e. The maximum Gasteiger partial charge on any atom is 0.205 e. The fourth-order valence-corrected chi connectivity index (χ4v) is 6.50. The van der Waals surface area contributed by atoms with E-state index >= 15 is 0 Å². The highest BCUT2D eigenvalue weighted by Gasteiger charge is 2.73. The highest BCUT2D eigenvalue weighted by Crippen LogP contribution is 2.68. The highest BCUT2D eigenvalue weighted by atomic mass is 16.5. The third-order valence-electron chi connectivity index (χ3n) is 8.80. The summed E-state index contributed by atoms with van der Waals surface area (Å²) < 4.78 is 6.19. The van der Waals surface area contributed by atoms with Gasteiger partial charge >= 0.3 is 0 Å². The Bertz CT molecular complexity index is 1020. The van der Waals surface area contributed by atoms with E-state index in [-0.39, 0.29) is 35.4 Å². The Labute approximate surface area is 211 Å². The van der Waals surface area contributed by atoms with Crippen molar-refractivity contribution in [2.45, 2.75) is 107 Å². The zero-order chi connectivity index (χ0) is 26.7. The minimum absolute atomic E-state index is 0.0392.